The van der Waals surface area contributed by atoms with E-state index in [0.29, 0.717) is 17.3 Å². The van der Waals surface area contributed by atoms with Crippen LogP contribution in [-0.4, -0.2) is 23.2 Å². The van der Waals surface area contributed by atoms with Gasteiger partial charge in [-0.25, -0.2) is 0 Å². The Morgan fingerprint density at radius 2 is 1.91 bits per heavy atom. The highest BCUT2D eigenvalue weighted by molar-refractivity contribution is 6.01. The summed E-state index contributed by atoms with van der Waals surface area (Å²) in [6, 6.07) is 14.8. The van der Waals surface area contributed by atoms with Crippen molar-refractivity contribution in [3.8, 4) is 17.2 Å². The monoisotopic (exact) mass is 309 g/mol. The quantitative estimate of drug-likeness (QED) is 0.800. The first-order valence-electron chi connectivity index (χ1n) is 7.02. The number of aromatic nitrogens is 2. The van der Waals surface area contributed by atoms with Crippen molar-refractivity contribution in [3.63, 3.8) is 0 Å². The zero-order valence-electron chi connectivity index (χ0n) is 12.7. The summed E-state index contributed by atoms with van der Waals surface area (Å²) in [4.78, 5) is 12.3. The van der Waals surface area contributed by atoms with Crippen molar-refractivity contribution in [3.05, 3.63) is 60.0 Å². The highest BCUT2D eigenvalue weighted by atomic mass is 16.5. The molecule has 0 spiro atoms. The number of anilines is 1. The molecule has 1 heterocycles. The molecule has 1 N–H and O–H groups in total. The van der Waals surface area contributed by atoms with Crippen LogP contribution in [0.4, 0.5) is 5.69 Å². The third-order valence-electron chi connectivity index (χ3n) is 3.24. The van der Waals surface area contributed by atoms with Gasteiger partial charge in [0.15, 0.2) is 0 Å². The maximum absolute atomic E-state index is 12.3. The smallest absolute Gasteiger partial charge is 0.313 e. The number of nitrogens with one attached hydrogen (secondary N) is 1. The van der Waals surface area contributed by atoms with Crippen LogP contribution in [0.3, 0.4) is 0 Å². The van der Waals surface area contributed by atoms with Gasteiger partial charge >= 0.3 is 11.8 Å². The first-order valence-corrected chi connectivity index (χ1v) is 7.02. The van der Waals surface area contributed by atoms with Gasteiger partial charge in [0.1, 0.15) is 5.75 Å². The molecule has 3 aromatic rings. The Hall–Kier alpha value is -3.15. The summed E-state index contributed by atoms with van der Waals surface area (Å²) in [5.74, 6) is 0.273. The molecule has 0 atom stereocenters. The molecule has 0 radical (unpaired) electrons. The van der Waals surface area contributed by atoms with E-state index in [1.165, 1.54) is 0 Å². The van der Waals surface area contributed by atoms with Gasteiger partial charge < -0.3 is 14.5 Å². The van der Waals surface area contributed by atoms with Gasteiger partial charge in [0.2, 0.25) is 5.89 Å². The van der Waals surface area contributed by atoms with Crippen LogP contribution >= 0.6 is 0 Å². The van der Waals surface area contributed by atoms with Gasteiger partial charge in [0.05, 0.1) is 12.8 Å². The number of aryl methyl sites for hydroxylation is 1. The maximum atomic E-state index is 12.3. The predicted molar refractivity (Wildman–Crippen MR) is 85.4 cm³/mol. The molecular formula is C17H15N3O3. The molecule has 2 aromatic carbocycles. The molecule has 0 fully saturated rings. The van der Waals surface area contributed by atoms with Crippen LogP contribution in [0.1, 0.15) is 16.2 Å². The van der Waals surface area contributed by atoms with Crippen LogP contribution in [0.15, 0.2) is 52.9 Å². The van der Waals surface area contributed by atoms with E-state index in [2.05, 4.69) is 15.5 Å². The normalized spacial score (nSPS) is 10.3. The Morgan fingerprint density at radius 3 is 2.65 bits per heavy atom. The van der Waals surface area contributed by atoms with Gasteiger partial charge in [0.25, 0.3) is 0 Å². The summed E-state index contributed by atoms with van der Waals surface area (Å²) in [6.07, 6.45) is 0. The fourth-order valence-corrected chi connectivity index (χ4v) is 2.11. The van der Waals surface area contributed by atoms with Gasteiger partial charge in [-0.3, -0.25) is 4.79 Å². The zero-order chi connectivity index (χ0) is 16.2. The molecule has 1 amide bonds. The van der Waals surface area contributed by atoms with Crippen LogP contribution < -0.4 is 10.1 Å². The second-order valence-corrected chi connectivity index (χ2v) is 4.94. The summed E-state index contributed by atoms with van der Waals surface area (Å²) in [7, 11) is 1.54. The number of amides is 1. The average molecular weight is 309 g/mol. The Bertz CT molecular complexity index is 828. The molecule has 0 bridgehead atoms. The lowest BCUT2D eigenvalue weighted by atomic mass is 10.2. The maximum Gasteiger partial charge on any atom is 0.313 e. The number of benzene rings is 2. The van der Waals surface area contributed by atoms with E-state index in [9.17, 15) is 4.79 Å². The molecule has 0 unspecified atom stereocenters. The fourth-order valence-electron chi connectivity index (χ4n) is 2.11. The molecule has 0 aliphatic carbocycles. The molecule has 6 nitrogen and oxygen atoms in total. The third kappa shape index (κ3) is 3.21. The molecule has 3 rings (SSSR count). The van der Waals surface area contributed by atoms with Crippen LogP contribution in [0, 0.1) is 6.92 Å². The van der Waals surface area contributed by atoms with Gasteiger partial charge in [-0.05, 0) is 36.8 Å². The summed E-state index contributed by atoms with van der Waals surface area (Å²) < 4.78 is 10.7. The number of carbonyl (C=O) groups excluding carboxylic acids is 1. The molecule has 116 valence electrons. The summed E-state index contributed by atoms with van der Waals surface area (Å²) in [5, 5.41) is 10.4. The molecule has 0 aliphatic heterocycles. The van der Waals surface area contributed by atoms with Crippen molar-refractivity contribution in [2.45, 2.75) is 6.92 Å². The average Bonchev–Trinajstić information content (AvgIpc) is 3.06. The Morgan fingerprint density at radius 1 is 1.13 bits per heavy atom. The minimum absolute atomic E-state index is 0.104. The van der Waals surface area contributed by atoms with Crippen molar-refractivity contribution in [1.82, 2.24) is 10.2 Å². The van der Waals surface area contributed by atoms with Crippen LogP contribution in [0.2, 0.25) is 0 Å². The molecule has 1 aromatic heterocycles. The molecule has 6 heteroatoms. The van der Waals surface area contributed by atoms with E-state index in [1.54, 1.807) is 13.2 Å². The van der Waals surface area contributed by atoms with E-state index < -0.39 is 5.91 Å². The Kier molecular flexibility index (Phi) is 4.05. The Labute approximate surface area is 133 Å². The van der Waals surface area contributed by atoms with Gasteiger partial charge in [-0.15, -0.1) is 10.2 Å². The highest BCUT2D eigenvalue weighted by Gasteiger charge is 2.17. The topological polar surface area (TPSA) is 77.2 Å². The molecule has 0 aliphatic rings. The second-order valence-electron chi connectivity index (χ2n) is 4.94. The fraction of sp³-hybridized carbons (Fsp3) is 0.118. The van der Waals surface area contributed by atoms with Crippen molar-refractivity contribution in [2.24, 2.45) is 0 Å². The third-order valence-corrected chi connectivity index (χ3v) is 3.24. The summed E-state index contributed by atoms with van der Waals surface area (Å²) in [6.45, 7) is 1.93. The number of rotatable bonds is 4. The van der Waals surface area contributed by atoms with E-state index in [1.807, 2.05) is 49.4 Å². The van der Waals surface area contributed by atoms with E-state index >= 15 is 0 Å². The number of nitrogens with zero attached hydrogens (tertiary/aromatic N) is 2. The second kappa shape index (κ2) is 6.31. The summed E-state index contributed by atoms with van der Waals surface area (Å²) >= 11 is 0. The van der Waals surface area contributed by atoms with Crippen LogP contribution in [0.5, 0.6) is 5.75 Å². The highest BCUT2D eigenvalue weighted by Crippen LogP contribution is 2.26. The number of ether oxygens (including phenoxy) is 1. The number of hydrogen-bond donors (Lipinski definition) is 1. The van der Waals surface area contributed by atoms with E-state index in [4.69, 9.17) is 9.15 Å². The van der Waals surface area contributed by atoms with Gasteiger partial charge in [0, 0.05) is 5.56 Å². The number of methoxy groups -OCH3 is 1. The first-order chi connectivity index (χ1) is 11.2. The first kappa shape index (κ1) is 14.8. The zero-order valence-corrected chi connectivity index (χ0v) is 12.7. The van der Waals surface area contributed by atoms with Gasteiger partial charge in [-0.2, -0.15) is 0 Å². The standard InChI is InChI=1S/C17H15N3O3/c1-11-8-9-14(22-2)13(10-11)18-15(21)17-20-19-16(23-17)12-6-4-3-5-7-12/h3-10H,1-2H3,(H,18,21). The lowest BCUT2D eigenvalue weighted by molar-refractivity contribution is 0.0990. The SMILES string of the molecule is COc1ccc(C)cc1NC(=O)c1nnc(-c2ccccc2)o1. The van der Waals surface area contributed by atoms with Crippen molar-refractivity contribution in [1.29, 1.82) is 0 Å². The number of hydrogen-bond acceptors (Lipinski definition) is 5. The largest absolute Gasteiger partial charge is 0.495 e. The minimum Gasteiger partial charge on any atom is -0.495 e. The lowest BCUT2D eigenvalue weighted by Crippen LogP contribution is -2.13. The minimum atomic E-state index is -0.483. The molecule has 23 heavy (non-hydrogen) atoms. The molecule has 0 saturated heterocycles. The molecular weight excluding hydrogens is 294 g/mol. The van der Waals surface area contributed by atoms with E-state index in [-0.39, 0.29) is 5.89 Å². The van der Waals surface area contributed by atoms with Crippen molar-refractivity contribution < 1.29 is 13.9 Å². The van der Waals surface area contributed by atoms with Crippen molar-refractivity contribution >= 4 is 11.6 Å². The van der Waals surface area contributed by atoms with Gasteiger partial charge in [-0.1, -0.05) is 24.3 Å². The Balaban J connectivity index is 1.82. The van der Waals surface area contributed by atoms with E-state index in [0.717, 1.165) is 11.1 Å². The van der Waals surface area contributed by atoms with Crippen molar-refractivity contribution in [2.75, 3.05) is 12.4 Å². The lowest BCUT2D eigenvalue weighted by Gasteiger charge is -2.09. The summed E-state index contributed by atoms with van der Waals surface area (Å²) in [5.41, 5.74) is 2.31. The predicted octanol–water partition coefficient (Wildman–Crippen LogP) is 3.31. The molecule has 0 saturated carbocycles. The van der Waals surface area contributed by atoms with Crippen LogP contribution in [0.25, 0.3) is 11.5 Å². The van der Waals surface area contributed by atoms with Crippen LogP contribution in [-0.2, 0) is 0 Å². The number of carbonyl (C=O) groups is 1.